The van der Waals surface area contributed by atoms with Gasteiger partial charge >= 0.3 is 65.7 Å². The molecule has 0 heterocycles. The summed E-state index contributed by atoms with van der Waals surface area (Å²) in [4.78, 5) is 132. The van der Waals surface area contributed by atoms with Crippen molar-refractivity contribution in [2.24, 2.45) is 10.8 Å². The standard InChI is InChI=1S/C15H20O6.C15H24O6.C15H24O4.C10H14O5.C7H11ClO3/c1-5-12(16)19-9-15(8-4,10-20-13(17)6-2)11-21-14(18)7-3;1-2-14(18)20-11-8-4-6-10-15(19)21-12-7-3-5-9-13(16)17;1-5-9-10-15(7-3,11-14(17)18-8-4)12-19-13(16)6-2;1-7(2)10(13)15-5-4-14-9(12)6-8(3)11;1-5(2)7(10)11-4-6(9)3-8/h5-7H,1-3,8-11H2,4H3;2H,1,3-12H2,(H,16,17);6,8H,2,4-5,7,9-12H2,1,3H3;1,4-6H2,2-3H3;6,9H,1,3-4H2,2H3. The molecule has 0 saturated heterocycles. The van der Waals surface area contributed by atoms with Crippen LogP contribution in [0.5, 0.6) is 0 Å². The van der Waals surface area contributed by atoms with Crippen molar-refractivity contribution in [2.75, 3.05) is 65.3 Å². The van der Waals surface area contributed by atoms with Crippen molar-refractivity contribution in [2.45, 2.75) is 144 Å². The van der Waals surface area contributed by atoms with Crippen LogP contribution in [0.3, 0.4) is 0 Å². The maximum Gasteiger partial charge on any atom is 0.333 e. The fourth-order valence-corrected chi connectivity index (χ4v) is 5.86. The summed E-state index contributed by atoms with van der Waals surface area (Å²) in [6.07, 6.45) is 14.4. The van der Waals surface area contributed by atoms with Crippen molar-refractivity contribution in [3.63, 3.8) is 0 Å². The SMILES string of the molecule is C=C(C)C(=O)OCC(O)CCl.C=C(C)C(=O)OCCOC(=O)CC(C)=O.C=CC(=O)OCC(CC)(COC(=O)C=C)COC(=O)C=C.C=CC(=O)OCCCCCC(=O)OCCCCCC(=O)O.C=COC(=O)CC(CC)(CCCC)COC(=O)C=C. The molecule has 25 heteroatoms. The second-order valence-corrected chi connectivity index (χ2v) is 19.0. The lowest BCUT2D eigenvalue weighted by Gasteiger charge is -2.31. The van der Waals surface area contributed by atoms with Gasteiger partial charge in [0.15, 0.2) is 0 Å². The van der Waals surface area contributed by atoms with Crippen molar-refractivity contribution in [3.05, 3.63) is 100 Å². The molecule has 2 atom stereocenters. The molecule has 492 valence electrons. The minimum Gasteiger partial charge on any atom is -0.481 e. The number of alkyl halides is 1. The molecule has 0 bridgehead atoms. The molecule has 0 aliphatic heterocycles. The first-order chi connectivity index (χ1) is 41.0. The normalized spacial score (nSPS) is 10.9. The zero-order valence-electron chi connectivity index (χ0n) is 51.6. The number of carbonyl (C=O) groups excluding carboxylic acids is 11. The van der Waals surface area contributed by atoms with Gasteiger partial charge in [0.1, 0.15) is 57.9 Å². The van der Waals surface area contributed by atoms with Crippen LogP contribution >= 0.6 is 11.6 Å². The van der Waals surface area contributed by atoms with E-state index in [9.17, 15) is 57.5 Å². The Balaban J connectivity index is -0.000000327. The van der Waals surface area contributed by atoms with Gasteiger partial charge in [-0.15, -0.1) is 11.6 Å². The van der Waals surface area contributed by atoms with Gasteiger partial charge in [-0.05, 0) is 78.6 Å². The number of carboxylic acids is 1. The van der Waals surface area contributed by atoms with Gasteiger partial charge in [0, 0.05) is 59.8 Å². The van der Waals surface area contributed by atoms with Gasteiger partial charge in [-0.3, -0.25) is 24.0 Å². The van der Waals surface area contributed by atoms with E-state index in [1.165, 1.54) is 20.8 Å². The molecule has 0 rings (SSSR count). The van der Waals surface area contributed by atoms with Crippen LogP contribution in [-0.2, 0) is 105 Å². The van der Waals surface area contributed by atoms with Crippen molar-refractivity contribution in [1.29, 1.82) is 0 Å². The van der Waals surface area contributed by atoms with Crippen LogP contribution in [0.4, 0.5) is 0 Å². The molecule has 24 nitrogen and oxygen atoms in total. The second-order valence-electron chi connectivity index (χ2n) is 18.7. The number of ketones is 1. The fraction of sp³-hybridized carbons (Fsp3) is 0.548. The highest BCUT2D eigenvalue weighted by molar-refractivity contribution is 6.18. The summed E-state index contributed by atoms with van der Waals surface area (Å²) >= 11 is 5.25. The zero-order valence-corrected chi connectivity index (χ0v) is 52.4. The number of aliphatic hydroxyl groups is 1. The molecule has 0 radical (unpaired) electrons. The molecule has 0 amide bonds. The van der Waals surface area contributed by atoms with Crippen LogP contribution < -0.4 is 0 Å². The van der Waals surface area contributed by atoms with Gasteiger partial charge in [-0.2, -0.15) is 0 Å². The number of ether oxygens (including phenoxy) is 10. The molecule has 0 aromatic carbocycles. The highest BCUT2D eigenvalue weighted by atomic mass is 35.5. The molecule has 0 aliphatic carbocycles. The maximum atomic E-state index is 11.6. The van der Waals surface area contributed by atoms with E-state index in [1.807, 2.05) is 6.92 Å². The second kappa shape index (κ2) is 57.1. The number of rotatable bonds is 43. The summed E-state index contributed by atoms with van der Waals surface area (Å²) in [6.45, 7) is 37.3. The van der Waals surface area contributed by atoms with Crippen LogP contribution in [0.15, 0.2) is 100 Å². The summed E-state index contributed by atoms with van der Waals surface area (Å²) in [7, 11) is 0. The number of Topliss-reactive ketones (excluding diaryl/α,β-unsaturated/α-hetero) is 1. The molecular formula is C62H93ClO24. The minimum absolute atomic E-state index is 0.0324. The van der Waals surface area contributed by atoms with E-state index in [0.717, 1.165) is 75.2 Å². The number of unbranched alkanes of at least 4 members (excludes halogenated alkanes) is 5. The van der Waals surface area contributed by atoms with Gasteiger partial charge in [0.05, 0.1) is 43.8 Å². The third kappa shape index (κ3) is 56.9. The van der Waals surface area contributed by atoms with Gasteiger partial charge in [0.2, 0.25) is 0 Å². The third-order valence-corrected chi connectivity index (χ3v) is 11.4. The quantitative estimate of drug-likeness (QED) is 0.0109. The highest BCUT2D eigenvalue weighted by Crippen LogP contribution is 2.34. The number of hydrogen-bond acceptors (Lipinski definition) is 23. The van der Waals surface area contributed by atoms with Crippen LogP contribution in [0.1, 0.15) is 138 Å². The van der Waals surface area contributed by atoms with E-state index < -0.39 is 65.2 Å². The Morgan fingerprint density at radius 2 is 0.885 bits per heavy atom. The molecule has 0 aromatic heterocycles. The Morgan fingerprint density at radius 1 is 0.483 bits per heavy atom. The molecule has 2 unspecified atom stereocenters. The summed E-state index contributed by atoms with van der Waals surface area (Å²) in [5.41, 5.74) is -0.609. The summed E-state index contributed by atoms with van der Waals surface area (Å²) in [6, 6.07) is 0. The largest absolute Gasteiger partial charge is 0.481 e. The predicted molar refractivity (Wildman–Crippen MR) is 322 cm³/mol. The average Bonchev–Trinajstić information content (AvgIpc) is 3.59. The van der Waals surface area contributed by atoms with Gasteiger partial charge in [-0.1, -0.05) is 86.2 Å². The Morgan fingerprint density at radius 3 is 1.28 bits per heavy atom. The lowest BCUT2D eigenvalue weighted by Crippen LogP contribution is -2.38. The first-order valence-corrected chi connectivity index (χ1v) is 28.2. The first-order valence-electron chi connectivity index (χ1n) is 27.7. The van der Waals surface area contributed by atoms with E-state index in [2.05, 4.69) is 73.8 Å². The first kappa shape index (κ1) is 87.8. The number of carboxylic acid groups (broad SMARTS) is 1. The summed E-state index contributed by atoms with van der Waals surface area (Å²) < 4.78 is 48.6. The van der Waals surface area contributed by atoms with Crippen LogP contribution in [0.2, 0.25) is 0 Å². The maximum absolute atomic E-state index is 11.6. The van der Waals surface area contributed by atoms with Crippen molar-refractivity contribution in [1.82, 2.24) is 0 Å². The van der Waals surface area contributed by atoms with E-state index in [1.54, 1.807) is 6.92 Å². The number of halogens is 1. The highest BCUT2D eigenvalue weighted by Gasteiger charge is 2.34. The fourth-order valence-electron chi connectivity index (χ4n) is 5.77. The predicted octanol–water partition coefficient (Wildman–Crippen LogP) is 8.75. The van der Waals surface area contributed by atoms with E-state index in [-0.39, 0.29) is 100 Å². The molecule has 0 aliphatic rings. The van der Waals surface area contributed by atoms with E-state index >= 15 is 0 Å². The Labute approximate surface area is 516 Å². The third-order valence-electron chi connectivity index (χ3n) is 11.0. The van der Waals surface area contributed by atoms with Gasteiger partial charge in [-0.25, -0.2) is 33.6 Å². The number of hydrogen-bond donors (Lipinski definition) is 2. The lowest BCUT2D eigenvalue weighted by atomic mass is 9.78. The van der Waals surface area contributed by atoms with Crippen LogP contribution in [0.25, 0.3) is 0 Å². The van der Waals surface area contributed by atoms with E-state index in [0.29, 0.717) is 57.3 Å². The lowest BCUT2D eigenvalue weighted by molar-refractivity contribution is -0.156. The number of esters is 10. The van der Waals surface area contributed by atoms with Gasteiger partial charge < -0.3 is 57.6 Å². The molecule has 0 spiro atoms. The molecule has 0 fully saturated rings. The Kier molecular flexibility index (Phi) is 57.6. The van der Waals surface area contributed by atoms with Crippen molar-refractivity contribution in [3.8, 4) is 0 Å². The Hall–Kier alpha value is -7.99. The summed E-state index contributed by atoms with van der Waals surface area (Å²) in [5, 5.41) is 17.3. The van der Waals surface area contributed by atoms with Gasteiger partial charge in [0.25, 0.3) is 0 Å². The zero-order chi connectivity index (χ0) is 67.7. The monoisotopic (exact) mass is 1260 g/mol. The van der Waals surface area contributed by atoms with Crippen molar-refractivity contribution >= 4 is 83.0 Å². The molecule has 87 heavy (non-hydrogen) atoms. The average molecular weight is 1260 g/mol. The van der Waals surface area contributed by atoms with Crippen molar-refractivity contribution < 1.29 is 115 Å². The van der Waals surface area contributed by atoms with E-state index in [4.69, 9.17) is 55.0 Å². The minimum atomic E-state index is -0.837. The topological polar surface area (TPSA) is 338 Å². The smallest absolute Gasteiger partial charge is 0.333 e. The number of aliphatic carboxylic acids is 1. The summed E-state index contributed by atoms with van der Waals surface area (Å²) in [5.74, 6) is -5.98. The molecule has 2 N–H and O–H groups in total. The van der Waals surface area contributed by atoms with Crippen LogP contribution in [0, 0.1) is 10.8 Å². The van der Waals surface area contributed by atoms with Crippen LogP contribution in [-0.4, -0.2) is 153 Å². The number of aliphatic hydroxyl groups excluding tert-OH is 1. The molecular weight excluding hydrogens is 1160 g/mol. The number of carbonyl (C=O) groups is 12. The Bertz CT molecular complexity index is 2150. The molecule has 0 aromatic rings. The molecule has 0 saturated carbocycles.